The van der Waals surface area contributed by atoms with Crippen LogP contribution in [0.5, 0.6) is 11.5 Å². The van der Waals surface area contributed by atoms with Crippen molar-refractivity contribution in [2.75, 3.05) is 43.1 Å². The lowest BCUT2D eigenvalue weighted by atomic mass is 10.1. The minimum absolute atomic E-state index is 0.0864. The molecule has 0 spiro atoms. The van der Waals surface area contributed by atoms with Crippen molar-refractivity contribution in [2.24, 2.45) is 0 Å². The highest BCUT2D eigenvalue weighted by Crippen LogP contribution is 2.31. The van der Waals surface area contributed by atoms with E-state index in [9.17, 15) is 9.59 Å². The molecule has 15 heteroatoms. The molecular weight excluding hydrogens is 631 g/mol. The standard InChI is InChI=1S/C29H27Cl3N8O4/c30-21-3-2-19(12-22(21)31)35-29(42)38-7-8-40(26-14-25(32)36-28(37-26)39-6-5-33-17-39)20(16-38)13-27(41)34-15-18-1-4-23-24(11-18)44-10-9-43-23/h1-6,11-12,14,17,20H,7-10,13,15-16H2,(H,34,41)(H,35,42). The van der Waals surface area contributed by atoms with Crippen LogP contribution in [-0.2, 0) is 11.3 Å². The second-order valence-electron chi connectivity index (χ2n) is 10.1. The molecule has 2 N–H and O–H groups in total. The van der Waals surface area contributed by atoms with Gasteiger partial charge in [-0.25, -0.2) is 14.8 Å². The maximum Gasteiger partial charge on any atom is 0.321 e. The molecule has 0 radical (unpaired) electrons. The van der Waals surface area contributed by atoms with Crippen LogP contribution in [0.25, 0.3) is 5.95 Å². The maximum atomic E-state index is 13.3. The number of nitrogens with zero attached hydrogens (tertiary/aromatic N) is 6. The summed E-state index contributed by atoms with van der Waals surface area (Å²) in [5.41, 5.74) is 1.38. The van der Waals surface area contributed by atoms with Crippen molar-refractivity contribution in [1.29, 1.82) is 0 Å². The van der Waals surface area contributed by atoms with Gasteiger partial charge in [-0.1, -0.05) is 40.9 Å². The fourth-order valence-corrected chi connectivity index (χ4v) is 5.48. The fraction of sp³-hybridized carbons (Fsp3) is 0.276. The van der Waals surface area contributed by atoms with E-state index < -0.39 is 6.04 Å². The largest absolute Gasteiger partial charge is 0.486 e. The topological polar surface area (TPSA) is 127 Å². The van der Waals surface area contributed by atoms with Crippen LogP contribution in [0, 0.1) is 0 Å². The molecule has 1 unspecified atom stereocenters. The molecule has 2 aromatic heterocycles. The summed E-state index contributed by atoms with van der Waals surface area (Å²) in [6, 6.07) is 11.3. The van der Waals surface area contributed by atoms with E-state index in [-0.39, 0.29) is 30.1 Å². The van der Waals surface area contributed by atoms with Gasteiger partial charge in [-0.2, -0.15) is 4.98 Å². The molecule has 4 heterocycles. The SMILES string of the molecule is O=C(CC1CN(C(=O)Nc2ccc(Cl)c(Cl)c2)CCN1c1cc(Cl)nc(-n2ccnc2)n1)NCc1ccc2c(c1)OCCO2. The average Bonchev–Trinajstić information content (AvgIpc) is 3.57. The number of ether oxygens (including phenoxy) is 2. The molecule has 4 aromatic rings. The summed E-state index contributed by atoms with van der Waals surface area (Å²) in [6.07, 6.45) is 4.99. The first-order valence-electron chi connectivity index (χ1n) is 13.8. The third kappa shape index (κ3) is 6.93. The van der Waals surface area contributed by atoms with E-state index in [0.717, 1.165) is 5.56 Å². The first-order chi connectivity index (χ1) is 21.3. The first kappa shape index (κ1) is 29.8. The molecule has 44 heavy (non-hydrogen) atoms. The zero-order valence-corrected chi connectivity index (χ0v) is 25.5. The summed E-state index contributed by atoms with van der Waals surface area (Å²) in [4.78, 5) is 43.3. The monoisotopic (exact) mass is 656 g/mol. The Balaban J connectivity index is 1.19. The predicted octanol–water partition coefficient (Wildman–Crippen LogP) is 4.82. The molecule has 0 saturated carbocycles. The van der Waals surface area contributed by atoms with E-state index in [4.69, 9.17) is 49.3 Å². The number of hydrogen-bond donors (Lipinski definition) is 2. The molecule has 1 saturated heterocycles. The van der Waals surface area contributed by atoms with Gasteiger partial charge in [0.2, 0.25) is 11.9 Å². The molecule has 0 bridgehead atoms. The number of halogens is 3. The van der Waals surface area contributed by atoms with Crippen molar-refractivity contribution in [1.82, 2.24) is 29.7 Å². The molecular formula is C29H27Cl3N8O4. The molecule has 2 aliphatic rings. The fourth-order valence-electron chi connectivity index (χ4n) is 5.01. The van der Waals surface area contributed by atoms with Crippen LogP contribution in [0.4, 0.5) is 16.3 Å². The second kappa shape index (κ2) is 13.2. The smallest absolute Gasteiger partial charge is 0.321 e. The number of rotatable bonds is 7. The number of urea groups is 1. The summed E-state index contributed by atoms with van der Waals surface area (Å²) in [7, 11) is 0. The second-order valence-corrected chi connectivity index (χ2v) is 11.3. The number of hydrogen-bond acceptors (Lipinski definition) is 8. The van der Waals surface area contributed by atoms with Gasteiger partial charge in [-0.3, -0.25) is 9.36 Å². The molecule has 2 aromatic carbocycles. The molecule has 2 aliphatic heterocycles. The van der Waals surface area contributed by atoms with Crippen molar-refractivity contribution in [3.05, 3.63) is 81.9 Å². The summed E-state index contributed by atoms with van der Waals surface area (Å²) in [5.74, 6) is 2.01. The molecule has 12 nitrogen and oxygen atoms in total. The van der Waals surface area contributed by atoms with Crippen molar-refractivity contribution < 1.29 is 19.1 Å². The van der Waals surface area contributed by atoms with Crippen LogP contribution in [0.3, 0.4) is 0 Å². The normalized spacial score (nSPS) is 16.0. The van der Waals surface area contributed by atoms with Crippen LogP contribution >= 0.6 is 34.8 Å². The zero-order valence-electron chi connectivity index (χ0n) is 23.3. The van der Waals surface area contributed by atoms with Crippen LogP contribution in [0.1, 0.15) is 12.0 Å². The number of imidazole rings is 1. The lowest BCUT2D eigenvalue weighted by Gasteiger charge is -2.42. The first-order valence-corrected chi connectivity index (χ1v) is 14.9. The minimum atomic E-state index is -0.426. The Bertz CT molecular complexity index is 1670. The van der Waals surface area contributed by atoms with Gasteiger partial charge in [-0.05, 0) is 35.9 Å². The Morgan fingerprint density at radius 2 is 1.80 bits per heavy atom. The van der Waals surface area contributed by atoms with Gasteiger partial charge >= 0.3 is 6.03 Å². The van der Waals surface area contributed by atoms with Crippen molar-refractivity contribution >= 4 is 58.2 Å². The van der Waals surface area contributed by atoms with Gasteiger partial charge in [0.15, 0.2) is 11.5 Å². The van der Waals surface area contributed by atoms with Gasteiger partial charge in [0.25, 0.3) is 0 Å². The van der Waals surface area contributed by atoms with Gasteiger partial charge in [-0.15, -0.1) is 0 Å². The highest BCUT2D eigenvalue weighted by atomic mass is 35.5. The maximum absolute atomic E-state index is 13.3. The summed E-state index contributed by atoms with van der Waals surface area (Å²) in [5, 5.41) is 6.80. The van der Waals surface area contributed by atoms with Crippen molar-refractivity contribution in [2.45, 2.75) is 19.0 Å². The highest BCUT2D eigenvalue weighted by molar-refractivity contribution is 6.42. The Labute approximate surface area is 267 Å². The number of carbonyl (C=O) groups is 2. The summed E-state index contributed by atoms with van der Waals surface area (Å²) in [6.45, 7) is 2.28. The Morgan fingerprint density at radius 1 is 0.955 bits per heavy atom. The molecule has 6 rings (SSSR count). The van der Waals surface area contributed by atoms with Gasteiger partial charge in [0.05, 0.1) is 16.1 Å². The Kier molecular flexibility index (Phi) is 8.91. The summed E-state index contributed by atoms with van der Waals surface area (Å²) >= 11 is 18.6. The van der Waals surface area contributed by atoms with E-state index in [1.807, 2.05) is 23.1 Å². The zero-order chi connectivity index (χ0) is 30.6. The third-order valence-corrected chi connectivity index (χ3v) is 8.09. The molecule has 3 amide bonds. The average molecular weight is 658 g/mol. The Hall–Kier alpha value is -4.26. The number of anilines is 2. The van der Waals surface area contributed by atoms with E-state index in [0.29, 0.717) is 71.8 Å². The van der Waals surface area contributed by atoms with Crippen molar-refractivity contribution in [3.63, 3.8) is 0 Å². The number of piperazine rings is 1. The molecule has 1 fully saturated rings. The van der Waals surface area contributed by atoms with Crippen LogP contribution in [0.15, 0.2) is 61.2 Å². The Morgan fingerprint density at radius 3 is 2.59 bits per heavy atom. The van der Waals surface area contributed by atoms with Gasteiger partial charge in [0.1, 0.15) is 30.5 Å². The molecule has 0 aliphatic carbocycles. The molecule has 1 atom stereocenters. The number of nitrogens with one attached hydrogen (secondary N) is 2. The van der Waals surface area contributed by atoms with Crippen LogP contribution in [-0.4, -0.2) is 75.2 Å². The van der Waals surface area contributed by atoms with Crippen LogP contribution < -0.4 is 25.0 Å². The lowest BCUT2D eigenvalue weighted by Crippen LogP contribution is -2.57. The number of fused-ring (bicyclic) bond motifs is 1. The van der Waals surface area contributed by atoms with Crippen molar-refractivity contribution in [3.8, 4) is 17.4 Å². The third-order valence-electron chi connectivity index (χ3n) is 7.16. The van der Waals surface area contributed by atoms with Crippen LogP contribution in [0.2, 0.25) is 15.2 Å². The number of benzene rings is 2. The van der Waals surface area contributed by atoms with E-state index in [2.05, 4.69) is 20.6 Å². The van der Waals surface area contributed by atoms with Gasteiger partial charge in [0, 0.05) is 56.7 Å². The van der Waals surface area contributed by atoms with E-state index in [1.54, 1.807) is 52.5 Å². The van der Waals surface area contributed by atoms with E-state index >= 15 is 0 Å². The summed E-state index contributed by atoms with van der Waals surface area (Å²) < 4.78 is 12.9. The predicted molar refractivity (Wildman–Crippen MR) is 166 cm³/mol. The quantitative estimate of drug-likeness (QED) is 0.271. The molecule has 228 valence electrons. The minimum Gasteiger partial charge on any atom is -0.486 e. The van der Waals surface area contributed by atoms with Gasteiger partial charge < -0.3 is 29.9 Å². The lowest BCUT2D eigenvalue weighted by molar-refractivity contribution is -0.121. The van der Waals surface area contributed by atoms with E-state index in [1.165, 1.54) is 0 Å². The number of carbonyl (C=O) groups excluding carboxylic acids is 2. The highest BCUT2D eigenvalue weighted by Gasteiger charge is 2.33. The number of aromatic nitrogens is 4. The number of amides is 3.